The van der Waals surface area contributed by atoms with Crippen molar-refractivity contribution in [1.82, 2.24) is 0 Å². The predicted molar refractivity (Wildman–Crippen MR) is 92.2 cm³/mol. The molecule has 0 unspecified atom stereocenters. The second-order valence-electron chi connectivity index (χ2n) is 5.36. The van der Waals surface area contributed by atoms with Gasteiger partial charge in [-0.05, 0) is 42.8 Å². The molecule has 0 aromatic heterocycles. The largest absolute Gasteiger partial charge is 0.484 e. The van der Waals surface area contributed by atoms with E-state index in [0.717, 1.165) is 12.8 Å². The molecule has 2 rings (SSSR count). The molecule has 2 aromatic carbocycles. The van der Waals surface area contributed by atoms with Crippen LogP contribution in [-0.4, -0.2) is 25.1 Å². The lowest BCUT2D eigenvalue weighted by Crippen LogP contribution is -2.20. The minimum absolute atomic E-state index is 0.246. The van der Waals surface area contributed by atoms with Gasteiger partial charge in [0.1, 0.15) is 11.6 Å². The van der Waals surface area contributed by atoms with Crippen molar-refractivity contribution in [3.05, 3.63) is 59.9 Å². The number of ether oxygens (including phenoxy) is 2. The molecule has 0 aliphatic heterocycles. The number of anilines is 1. The molecule has 25 heavy (non-hydrogen) atoms. The monoisotopic (exact) mass is 345 g/mol. The zero-order chi connectivity index (χ0) is 18.1. The number of hydrogen-bond acceptors (Lipinski definition) is 4. The minimum Gasteiger partial charge on any atom is -0.484 e. The first-order chi connectivity index (χ1) is 12.1. The number of halogens is 1. The molecule has 1 amide bonds. The second kappa shape index (κ2) is 9.42. The Morgan fingerprint density at radius 1 is 1.12 bits per heavy atom. The van der Waals surface area contributed by atoms with Crippen LogP contribution in [-0.2, 0) is 9.53 Å². The maximum atomic E-state index is 13.0. The Kier molecular flexibility index (Phi) is 6.95. The summed E-state index contributed by atoms with van der Waals surface area (Å²) in [4.78, 5) is 23.6. The Bertz CT molecular complexity index is 716. The summed E-state index contributed by atoms with van der Waals surface area (Å²) in [6.45, 7) is 2.17. The third-order valence-corrected chi connectivity index (χ3v) is 3.30. The highest BCUT2D eigenvalue weighted by Crippen LogP contribution is 2.13. The van der Waals surface area contributed by atoms with Crippen molar-refractivity contribution in [3.63, 3.8) is 0 Å². The lowest BCUT2D eigenvalue weighted by atomic mass is 10.2. The van der Waals surface area contributed by atoms with Crippen LogP contribution in [0, 0.1) is 5.82 Å². The van der Waals surface area contributed by atoms with Gasteiger partial charge in [0.15, 0.2) is 6.61 Å². The third kappa shape index (κ3) is 6.25. The van der Waals surface area contributed by atoms with E-state index < -0.39 is 5.82 Å². The molecule has 0 heterocycles. The summed E-state index contributed by atoms with van der Waals surface area (Å²) in [7, 11) is 0. The molecular weight excluding hydrogens is 325 g/mol. The summed E-state index contributed by atoms with van der Waals surface area (Å²) in [6, 6.07) is 11.9. The van der Waals surface area contributed by atoms with Gasteiger partial charge >= 0.3 is 5.97 Å². The zero-order valence-corrected chi connectivity index (χ0v) is 14.0. The van der Waals surface area contributed by atoms with Gasteiger partial charge in [-0.2, -0.15) is 0 Å². The van der Waals surface area contributed by atoms with Crippen molar-refractivity contribution in [2.45, 2.75) is 19.8 Å². The molecule has 0 aliphatic carbocycles. The number of benzene rings is 2. The van der Waals surface area contributed by atoms with Crippen LogP contribution >= 0.6 is 0 Å². The van der Waals surface area contributed by atoms with Gasteiger partial charge in [-0.3, -0.25) is 4.79 Å². The fraction of sp³-hybridized carbons (Fsp3) is 0.263. The van der Waals surface area contributed by atoms with E-state index in [1.165, 1.54) is 18.2 Å². The molecule has 1 N–H and O–H groups in total. The van der Waals surface area contributed by atoms with Gasteiger partial charge in [0.2, 0.25) is 0 Å². The predicted octanol–water partition coefficient (Wildman–Crippen LogP) is 3.80. The number of unbranched alkanes of at least 4 members (excludes halogenated alkanes) is 1. The highest BCUT2D eigenvalue weighted by molar-refractivity contribution is 5.93. The van der Waals surface area contributed by atoms with Gasteiger partial charge in [-0.1, -0.05) is 19.4 Å². The summed E-state index contributed by atoms with van der Waals surface area (Å²) in [5.41, 5.74) is 0.947. The maximum absolute atomic E-state index is 13.0. The highest BCUT2D eigenvalue weighted by Gasteiger charge is 2.08. The van der Waals surface area contributed by atoms with Crippen molar-refractivity contribution in [3.8, 4) is 5.75 Å². The van der Waals surface area contributed by atoms with Crippen molar-refractivity contribution >= 4 is 17.6 Å². The molecule has 0 saturated carbocycles. The van der Waals surface area contributed by atoms with Gasteiger partial charge in [-0.15, -0.1) is 0 Å². The molecule has 0 fully saturated rings. The Labute approximate surface area is 145 Å². The van der Waals surface area contributed by atoms with Crippen LogP contribution in [0.4, 0.5) is 10.1 Å². The Balaban J connectivity index is 1.81. The first-order valence-electron chi connectivity index (χ1n) is 8.04. The normalized spacial score (nSPS) is 10.2. The molecule has 0 spiro atoms. The molecular formula is C19H20FNO4. The highest BCUT2D eigenvalue weighted by atomic mass is 19.1. The number of hydrogen-bond donors (Lipinski definition) is 1. The van der Waals surface area contributed by atoms with E-state index in [1.54, 1.807) is 30.3 Å². The minimum atomic E-state index is -0.431. The van der Waals surface area contributed by atoms with Gasteiger partial charge in [0.25, 0.3) is 5.91 Å². The SMILES string of the molecule is CCCCOC(=O)c1ccc(NC(=O)COc2cccc(F)c2)cc1. The fourth-order valence-corrected chi connectivity index (χ4v) is 1.98. The van der Waals surface area contributed by atoms with Crippen molar-refractivity contribution in [2.75, 3.05) is 18.5 Å². The van der Waals surface area contributed by atoms with Crippen LogP contribution in [0.25, 0.3) is 0 Å². The van der Waals surface area contributed by atoms with E-state index in [9.17, 15) is 14.0 Å². The number of carbonyl (C=O) groups is 2. The molecule has 6 heteroatoms. The Morgan fingerprint density at radius 3 is 2.56 bits per heavy atom. The van der Waals surface area contributed by atoms with Crippen LogP contribution in [0.1, 0.15) is 30.1 Å². The Morgan fingerprint density at radius 2 is 1.88 bits per heavy atom. The van der Waals surface area contributed by atoms with E-state index in [0.29, 0.717) is 17.9 Å². The molecule has 5 nitrogen and oxygen atoms in total. The van der Waals surface area contributed by atoms with Crippen LogP contribution in [0.15, 0.2) is 48.5 Å². The number of esters is 1. The summed E-state index contributed by atoms with van der Waals surface area (Å²) in [6.07, 6.45) is 1.78. The van der Waals surface area contributed by atoms with Crippen LogP contribution in [0.2, 0.25) is 0 Å². The van der Waals surface area contributed by atoms with Crippen molar-refractivity contribution in [1.29, 1.82) is 0 Å². The molecule has 0 atom stereocenters. The summed E-state index contributed by atoms with van der Waals surface area (Å²) in [5, 5.41) is 2.64. The number of nitrogens with one attached hydrogen (secondary N) is 1. The molecule has 2 aromatic rings. The van der Waals surface area contributed by atoms with E-state index in [1.807, 2.05) is 6.92 Å². The van der Waals surface area contributed by atoms with Gasteiger partial charge in [-0.25, -0.2) is 9.18 Å². The van der Waals surface area contributed by atoms with Crippen molar-refractivity contribution in [2.24, 2.45) is 0 Å². The van der Waals surface area contributed by atoms with Gasteiger partial charge < -0.3 is 14.8 Å². The van der Waals surface area contributed by atoms with Crippen LogP contribution in [0.3, 0.4) is 0 Å². The summed E-state index contributed by atoms with van der Waals surface area (Å²) >= 11 is 0. The number of carbonyl (C=O) groups excluding carboxylic acids is 2. The standard InChI is InChI=1S/C19H20FNO4/c1-2-3-11-24-19(23)14-7-9-16(10-8-14)21-18(22)13-25-17-6-4-5-15(20)12-17/h4-10,12H,2-3,11,13H2,1H3,(H,21,22). The summed E-state index contributed by atoms with van der Waals surface area (Å²) in [5.74, 6) is -0.928. The van der Waals surface area contributed by atoms with E-state index >= 15 is 0 Å². The lowest BCUT2D eigenvalue weighted by molar-refractivity contribution is -0.118. The second-order valence-corrected chi connectivity index (χ2v) is 5.36. The molecule has 132 valence electrons. The Hall–Kier alpha value is -2.89. The average molecular weight is 345 g/mol. The van der Waals surface area contributed by atoms with Gasteiger partial charge in [0, 0.05) is 11.8 Å². The zero-order valence-electron chi connectivity index (χ0n) is 14.0. The summed E-state index contributed by atoms with van der Waals surface area (Å²) < 4.78 is 23.3. The van der Waals surface area contributed by atoms with E-state index in [-0.39, 0.29) is 24.2 Å². The third-order valence-electron chi connectivity index (χ3n) is 3.30. The smallest absolute Gasteiger partial charge is 0.338 e. The molecule has 0 bridgehead atoms. The van der Waals surface area contributed by atoms with Crippen LogP contribution < -0.4 is 10.1 Å². The molecule has 0 radical (unpaired) electrons. The topological polar surface area (TPSA) is 64.6 Å². The fourth-order valence-electron chi connectivity index (χ4n) is 1.98. The number of amides is 1. The first-order valence-corrected chi connectivity index (χ1v) is 8.04. The maximum Gasteiger partial charge on any atom is 0.338 e. The average Bonchev–Trinajstić information content (AvgIpc) is 2.61. The quantitative estimate of drug-likeness (QED) is 0.584. The molecule has 0 aliphatic rings. The van der Waals surface area contributed by atoms with E-state index in [2.05, 4.69) is 5.32 Å². The molecule has 0 saturated heterocycles. The lowest BCUT2D eigenvalue weighted by Gasteiger charge is -2.08. The van der Waals surface area contributed by atoms with Gasteiger partial charge in [0.05, 0.1) is 12.2 Å². The first kappa shape index (κ1) is 18.4. The van der Waals surface area contributed by atoms with E-state index in [4.69, 9.17) is 9.47 Å². The van der Waals surface area contributed by atoms with Crippen LogP contribution in [0.5, 0.6) is 5.75 Å². The van der Waals surface area contributed by atoms with Crippen molar-refractivity contribution < 1.29 is 23.5 Å². The number of rotatable bonds is 8.